The first-order valence-electron chi connectivity index (χ1n) is 5.64. The Morgan fingerprint density at radius 1 is 1.44 bits per heavy atom. The summed E-state index contributed by atoms with van der Waals surface area (Å²) >= 11 is 1.50. The van der Waals surface area contributed by atoms with E-state index in [1.807, 2.05) is 0 Å². The number of para-hydroxylation sites is 1. The van der Waals surface area contributed by atoms with Gasteiger partial charge in [-0.2, -0.15) is 0 Å². The molecule has 100 valence electrons. The fourth-order valence-electron chi connectivity index (χ4n) is 1.86. The number of hydrogen-bond acceptors (Lipinski definition) is 5. The van der Waals surface area contributed by atoms with Crippen LogP contribution in [0.15, 0.2) is 28.0 Å². The monoisotopic (exact) mass is 288 g/mol. The number of thioether (sulfide) groups is 1. The highest BCUT2D eigenvalue weighted by Crippen LogP contribution is 2.31. The lowest BCUT2D eigenvalue weighted by molar-refractivity contribution is 0.129. The van der Waals surface area contributed by atoms with Crippen LogP contribution < -0.4 is 10.9 Å². The highest BCUT2D eigenvalue weighted by Gasteiger charge is 2.18. The minimum atomic E-state index is -3.76. The van der Waals surface area contributed by atoms with Gasteiger partial charge < -0.3 is 10.5 Å². The van der Waals surface area contributed by atoms with Crippen molar-refractivity contribution in [2.45, 2.75) is 28.7 Å². The largest absolute Gasteiger partial charge is 0.397 e. The van der Waals surface area contributed by atoms with Crippen molar-refractivity contribution in [3.05, 3.63) is 18.2 Å². The number of primary sulfonamides is 1. The Balaban J connectivity index is 2.13. The van der Waals surface area contributed by atoms with Crippen LogP contribution in [0.3, 0.4) is 0 Å². The van der Waals surface area contributed by atoms with Gasteiger partial charge in [0.25, 0.3) is 0 Å². The summed E-state index contributed by atoms with van der Waals surface area (Å²) in [6, 6.07) is 4.86. The fourth-order valence-corrected chi connectivity index (χ4v) is 3.67. The van der Waals surface area contributed by atoms with Crippen molar-refractivity contribution in [3.63, 3.8) is 0 Å². The smallest absolute Gasteiger partial charge is 0.240 e. The van der Waals surface area contributed by atoms with Crippen LogP contribution in [0.25, 0.3) is 0 Å². The second kappa shape index (κ2) is 5.48. The summed E-state index contributed by atoms with van der Waals surface area (Å²) in [7, 11) is -3.76. The Kier molecular flexibility index (Phi) is 4.16. The molecule has 4 N–H and O–H groups in total. The maximum Gasteiger partial charge on any atom is 0.240 e. The maximum atomic E-state index is 11.3. The zero-order valence-electron chi connectivity index (χ0n) is 9.83. The van der Waals surface area contributed by atoms with Gasteiger partial charge in [0.2, 0.25) is 10.0 Å². The highest BCUT2D eigenvalue weighted by molar-refractivity contribution is 7.99. The first kappa shape index (κ1) is 13.7. The molecule has 1 saturated heterocycles. The molecule has 0 saturated carbocycles. The predicted molar refractivity (Wildman–Crippen MR) is 71.9 cm³/mol. The molecular weight excluding hydrogens is 272 g/mol. The van der Waals surface area contributed by atoms with Gasteiger partial charge in [0, 0.05) is 17.3 Å². The number of nitrogen functional groups attached to an aromatic ring is 1. The summed E-state index contributed by atoms with van der Waals surface area (Å²) < 4.78 is 28.2. The first-order chi connectivity index (χ1) is 8.48. The van der Waals surface area contributed by atoms with E-state index < -0.39 is 10.0 Å². The van der Waals surface area contributed by atoms with Crippen LogP contribution in [0.5, 0.6) is 0 Å². The van der Waals surface area contributed by atoms with Crippen LogP contribution in [0.2, 0.25) is 0 Å². The van der Waals surface area contributed by atoms with E-state index in [-0.39, 0.29) is 16.7 Å². The van der Waals surface area contributed by atoms with Gasteiger partial charge in [0.05, 0.1) is 11.8 Å². The van der Waals surface area contributed by atoms with E-state index in [1.54, 1.807) is 12.1 Å². The third-order valence-corrected chi connectivity index (χ3v) is 4.96. The van der Waals surface area contributed by atoms with Gasteiger partial charge in [-0.1, -0.05) is 6.07 Å². The normalized spacial score (nSPS) is 20.2. The fraction of sp³-hybridized carbons (Fsp3) is 0.455. The molecule has 1 aromatic rings. The van der Waals surface area contributed by atoms with E-state index in [0.717, 1.165) is 30.1 Å². The van der Waals surface area contributed by atoms with Crippen molar-refractivity contribution in [2.24, 2.45) is 5.14 Å². The minimum absolute atomic E-state index is 0.0140. The third kappa shape index (κ3) is 3.17. The summed E-state index contributed by atoms with van der Waals surface area (Å²) in [6.07, 6.45) is 2.35. The third-order valence-electron chi connectivity index (χ3n) is 2.78. The van der Waals surface area contributed by atoms with Crippen molar-refractivity contribution in [3.8, 4) is 0 Å². The summed E-state index contributed by atoms with van der Waals surface area (Å²) in [5, 5.41) is 5.10. The Bertz CT molecular complexity index is 525. The molecule has 1 aromatic carbocycles. The van der Waals surface area contributed by atoms with Crippen molar-refractivity contribution < 1.29 is 13.2 Å². The summed E-state index contributed by atoms with van der Waals surface area (Å²) in [4.78, 5) is 0.719. The second-order valence-corrected chi connectivity index (χ2v) is 6.75. The molecule has 0 spiro atoms. The van der Waals surface area contributed by atoms with Crippen molar-refractivity contribution in [2.75, 3.05) is 18.1 Å². The molecule has 2 rings (SSSR count). The molecule has 1 heterocycles. The number of benzene rings is 1. The topological polar surface area (TPSA) is 95.4 Å². The standard InChI is InChI=1S/C11H16N2O3S2/c12-11-9(17-7-8-3-2-6-16-8)4-1-5-10(11)18(13,14)15/h1,4-5,8H,2-3,6-7,12H2,(H2,13,14,15). The molecule has 1 unspecified atom stereocenters. The quantitative estimate of drug-likeness (QED) is 0.641. The molecule has 0 bridgehead atoms. The molecular formula is C11H16N2O3S2. The van der Waals surface area contributed by atoms with E-state index >= 15 is 0 Å². The maximum absolute atomic E-state index is 11.3. The van der Waals surface area contributed by atoms with Crippen molar-refractivity contribution >= 4 is 27.5 Å². The summed E-state index contributed by atoms with van der Waals surface area (Å²) in [6.45, 7) is 0.803. The van der Waals surface area contributed by atoms with E-state index in [1.165, 1.54) is 17.8 Å². The Hall–Kier alpha value is -0.760. The molecule has 0 amide bonds. The Labute approximate surface area is 111 Å². The van der Waals surface area contributed by atoms with Crippen molar-refractivity contribution in [1.29, 1.82) is 0 Å². The van der Waals surface area contributed by atoms with Crippen LogP contribution in [-0.4, -0.2) is 26.9 Å². The number of rotatable bonds is 4. The van der Waals surface area contributed by atoms with Crippen LogP contribution >= 0.6 is 11.8 Å². The van der Waals surface area contributed by atoms with Crippen molar-refractivity contribution in [1.82, 2.24) is 0 Å². The lowest BCUT2D eigenvalue weighted by atomic mass is 10.3. The average molecular weight is 288 g/mol. The number of anilines is 1. The first-order valence-corrected chi connectivity index (χ1v) is 8.17. The minimum Gasteiger partial charge on any atom is -0.397 e. The van der Waals surface area contributed by atoms with Gasteiger partial charge in [-0.25, -0.2) is 13.6 Å². The van der Waals surface area contributed by atoms with Gasteiger partial charge in [-0.05, 0) is 25.0 Å². The van der Waals surface area contributed by atoms with E-state index in [2.05, 4.69) is 0 Å². The zero-order valence-corrected chi connectivity index (χ0v) is 11.5. The van der Waals surface area contributed by atoms with Gasteiger partial charge >= 0.3 is 0 Å². The van der Waals surface area contributed by atoms with Gasteiger partial charge in [-0.3, -0.25) is 0 Å². The van der Waals surface area contributed by atoms with E-state index in [4.69, 9.17) is 15.6 Å². The second-order valence-electron chi connectivity index (χ2n) is 4.16. The molecule has 0 aromatic heterocycles. The Morgan fingerprint density at radius 2 is 2.22 bits per heavy atom. The molecule has 1 atom stereocenters. The molecule has 1 aliphatic heterocycles. The van der Waals surface area contributed by atoms with Crippen LogP contribution in [-0.2, 0) is 14.8 Å². The molecule has 1 fully saturated rings. The number of nitrogens with two attached hydrogens (primary N) is 2. The number of ether oxygens (including phenoxy) is 1. The molecule has 18 heavy (non-hydrogen) atoms. The number of hydrogen-bond donors (Lipinski definition) is 2. The summed E-state index contributed by atoms with van der Waals surface area (Å²) in [5.41, 5.74) is 6.06. The molecule has 7 heteroatoms. The van der Waals surface area contributed by atoms with Crippen LogP contribution in [0.1, 0.15) is 12.8 Å². The number of sulfonamides is 1. The zero-order chi connectivity index (χ0) is 13.2. The highest BCUT2D eigenvalue weighted by atomic mass is 32.2. The lowest BCUT2D eigenvalue weighted by Gasteiger charge is -2.12. The van der Waals surface area contributed by atoms with Gasteiger partial charge in [0.15, 0.2) is 0 Å². The summed E-state index contributed by atoms with van der Waals surface area (Å²) in [5.74, 6) is 0.776. The van der Waals surface area contributed by atoms with Gasteiger partial charge in [-0.15, -0.1) is 11.8 Å². The molecule has 0 aliphatic carbocycles. The molecule has 1 aliphatic rings. The van der Waals surface area contributed by atoms with Gasteiger partial charge in [0.1, 0.15) is 4.90 Å². The predicted octanol–water partition coefficient (Wildman–Crippen LogP) is 1.19. The van der Waals surface area contributed by atoms with E-state index in [9.17, 15) is 8.42 Å². The Morgan fingerprint density at radius 3 is 2.83 bits per heavy atom. The SMILES string of the molecule is Nc1c(SCC2CCCO2)cccc1S(N)(=O)=O. The molecule has 5 nitrogen and oxygen atoms in total. The van der Waals surface area contributed by atoms with E-state index in [0.29, 0.717) is 0 Å². The lowest BCUT2D eigenvalue weighted by Crippen LogP contribution is -2.15. The average Bonchev–Trinajstić information content (AvgIpc) is 2.79. The van der Waals surface area contributed by atoms with Crippen LogP contribution in [0.4, 0.5) is 5.69 Å². The molecule has 0 radical (unpaired) electrons. The van der Waals surface area contributed by atoms with Crippen LogP contribution in [0, 0.1) is 0 Å².